The molecule has 0 amide bonds. The van der Waals surface area contributed by atoms with Crippen molar-refractivity contribution in [2.24, 2.45) is 5.92 Å². The van der Waals surface area contributed by atoms with E-state index in [2.05, 4.69) is 13.0 Å². The summed E-state index contributed by atoms with van der Waals surface area (Å²) in [5.74, 6) is 0.562. The molecule has 2 rings (SSSR count). The molecule has 2 aliphatic rings. The average Bonchev–Trinajstić information content (AvgIpc) is 2.36. The van der Waals surface area contributed by atoms with Crippen LogP contribution in [0.1, 0.15) is 32.6 Å². The molecule has 1 nitrogen and oxygen atoms in total. The van der Waals surface area contributed by atoms with Gasteiger partial charge >= 0.3 is 0 Å². The average molecular weight is 138 g/mol. The van der Waals surface area contributed by atoms with Gasteiger partial charge < -0.3 is 5.11 Å². The molecule has 10 heavy (non-hydrogen) atoms. The summed E-state index contributed by atoms with van der Waals surface area (Å²) < 4.78 is 0. The number of aliphatic hydroxyl groups is 1. The van der Waals surface area contributed by atoms with Crippen molar-refractivity contribution in [3.05, 3.63) is 11.6 Å². The highest BCUT2D eigenvalue weighted by Crippen LogP contribution is 2.47. The van der Waals surface area contributed by atoms with E-state index in [4.69, 9.17) is 0 Å². The van der Waals surface area contributed by atoms with Crippen molar-refractivity contribution in [2.45, 2.75) is 38.2 Å². The fraction of sp³-hybridized carbons (Fsp3) is 0.778. The smallest absolute Gasteiger partial charge is 0.0885 e. The molecule has 1 N–H and O–H groups in total. The summed E-state index contributed by atoms with van der Waals surface area (Å²) in [5.41, 5.74) is 0.843. The molecule has 1 fully saturated rings. The Bertz CT molecular complexity index is 183. The Balaban J connectivity index is 2.31. The van der Waals surface area contributed by atoms with Crippen LogP contribution in [0.2, 0.25) is 0 Å². The van der Waals surface area contributed by atoms with Crippen molar-refractivity contribution in [3.8, 4) is 0 Å². The molecule has 1 heteroatoms. The van der Waals surface area contributed by atoms with Crippen LogP contribution in [0.25, 0.3) is 0 Å². The molecular weight excluding hydrogens is 124 g/mol. The van der Waals surface area contributed by atoms with E-state index in [0.29, 0.717) is 5.92 Å². The fourth-order valence-corrected chi connectivity index (χ4v) is 2.39. The van der Waals surface area contributed by atoms with Gasteiger partial charge in [0, 0.05) is 0 Å². The maximum Gasteiger partial charge on any atom is 0.0885 e. The van der Waals surface area contributed by atoms with Crippen LogP contribution in [0.5, 0.6) is 0 Å². The Morgan fingerprint density at radius 2 is 2.50 bits per heavy atom. The quantitative estimate of drug-likeness (QED) is 0.507. The second-order valence-electron chi connectivity index (χ2n) is 3.64. The van der Waals surface area contributed by atoms with Crippen LogP contribution in [0.3, 0.4) is 0 Å². The van der Waals surface area contributed by atoms with E-state index in [-0.39, 0.29) is 5.60 Å². The van der Waals surface area contributed by atoms with Crippen molar-refractivity contribution < 1.29 is 5.11 Å². The first kappa shape index (κ1) is 6.41. The minimum absolute atomic E-state index is 0.375. The van der Waals surface area contributed by atoms with E-state index in [0.717, 1.165) is 12.8 Å². The zero-order valence-electron chi connectivity index (χ0n) is 6.43. The van der Waals surface area contributed by atoms with Crippen molar-refractivity contribution >= 4 is 0 Å². The summed E-state index contributed by atoms with van der Waals surface area (Å²) >= 11 is 0. The van der Waals surface area contributed by atoms with Crippen LogP contribution < -0.4 is 0 Å². The van der Waals surface area contributed by atoms with Crippen LogP contribution >= 0.6 is 0 Å². The van der Waals surface area contributed by atoms with Gasteiger partial charge in [-0.15, -0.1) is 0 Å². The number of allylic oxidation sites excluding steroid dienone is 1. The van der Waals surface area contributed by atoms with Gasteiger partial charge in [0.2, 0.25) is 0 Å². The molecule has 1 saturated carbocycles. The summed E-state index contributed by atoms with van der Waals surface area (Å²) in [6.07, 6.45) is 6.75. The van der Waals surface area contributed by atoms with E-state index >= 15 is 0 Å². The molecule has 2 atom stereocenters. The van der Waals surface area contributed by atoms with Crippen LogP contribution in [-0.2, 0) is 0 Å². The predicted octanol–water partition coefficient (Wildman–Crippen LogP) is 1.87. The number of hydrogen-bond acceptors (Lipinski definition) is 1. The Hall–Kier alpha value is -0.300. The van der Waals surface area contributed by atoms with Crippen LogP contribution in [-0.4, -0.2) is 10.7 Å². The standard InChI is InChI=1S/C9H14O/c1-7-4-5-8-3-2-6-9(7,8)10/h4,8,10H,2-3,5-6H2,1H3. The second kappa shape index (κ2) is 1.85. The van der Waals surface area contributed by atoms with Crippen molar-refractivity contribution in [1.29, 1.82) is 0 Å². The summed E-state index contributed by atoms with van der Waals surface area (Å²) in [5, 5.41) is 10.0. The van der Waals surface area contributed by atoms with Gasteiger partial charge in [0.25, 0.3) is 0 Å². The Morgan fingerprint density at radius 3 is 3.20 bits per heavy atom. The molecule has 0 aromatic carbocycles. The lowest BCUT2D eigenvalue weighted by atomic mass is 9.90. The first-order chi connectivity index (χ1) is 4.73. The molecule has 0 saturated heterocycles. The van der Waals surface area contributed by atoms with Gasteiger partial charge in [0.1, 0.15) is 0 Å². The van der Waals surface area contributed by atoms with Crippen molar-refractivity contribution in [2.75, 3.05) is 0 Å². The number of fused-ring (bicyclic) bond motifs is 1. The van der Waals surface area contributed by atoms with Gasteiger partial charge in [0.15, 0.2) is 0 Å². The Kier molecular flexibility index (Phi) is 1.19. The lowest BCUT2D eigenvalue weighted by Gasteiger charge is -2.24. The highest BCUT2D eigenvalue weighted by molar-refractivity contribution is 5.24. The monoisotopic (exact) mass is 138 g/mol. The van der Waals surface area contributed by atoms with Crippen molar-refractivity contribution in [1.82, 2.24) is 0 Å². The third-order valence-electron chi connectivity index (χ3n) is 3.18. The van der Waals surface area contributed by atoms with E-state index in [1.54, 1.807) is 0 Å². The molecule has 0 aliphatic heterocycles. The first-order valence-corrected chi connectivity index (χ1v) is 4.13. The topological polar surface area (TPSA) is 20.2 Å². The van der Waals surface area contributed by atoms with Crippen LogP contribution in [0.4, 0.5) is 0 Å². The fourth-order valence-electron chi connectivity index (χ4n) is 2.39. The maximum absolute atomic E-state index is 10.0. The molecule has 0 aromatic heterocycles. The van der Waals surface area contributed by atoms with Crippen LogP contribution in [0.15, 0.2) is 11.6 Å². The lowest BCUT2D eigenvalue weighted by molar-refractivity contribution is 0.0514. The molecule has 0 bridgehead atoms. The lowest BCUT2D eigenvalue weighted by Crippen LogP contribution is -2.29. The van der Waals surface area contributed by atoms with Gasteiger partial charge in [-0.25, -0.2) is 0 Å². The third-order valence-corrected chi connectivity index (χ3v) is 3.18. The molecule has 0 spiro atoms. The predicted molar refractivity (Wildman–Crippen MR) is 40.7 cm³/mol. The summed E-state index contributed by atoms with van der Waals surface area (Å²) in [6, 6.07) is 0. The van der Waals surface area contributed by atoms with E-state index in [1.165, 1.54) is 18.4 Å². The SMILES string of the molecule is CC1=CCC2CCCC12O. The maximum atomic E-state index is 10.0. The highest BCUT2D eigenvalue weighted by atomic mass is 16.3. The van der Waals surface area contributed by atoms with E-state index in [9.17, 15) is 5.11 Å². The summed E-state index contributed by atoms with van der Waals surface area (Å²) in [7, 11) is 0. The molecule has 2 unspecified atom stereocenters. The first-order valence-electron chi connectivity index (χ1n) is 4.13. The molecular formula is C9H14O. The van der Waals surface area contributed by atoms with E-state index in [1.807, 2.05) is 0 Å². The second-order valence-corrected chi connectivity index (χ2v) is 3.64. The van der Waals surface area contributed by atoms with Gasteiger partial charge in [-0.1, -0.05) is 6.08 Å². The minimum atomic E-state index is -0.375. The molecule has 2 aliphatic carbocycles. The summed E-state index contributed by atoms with van der Waals surface area (Å²) in [6.45, 7) is 2.06. The Morgan fingerprint density at radius 1 is 1.70 bits per heavy atom. The third kappa shape index (κ3) is 0.615. The van der Waals surface area contributed by atoms with Crippen molar-refractivity contribution in [3.63, 3.8) is 0 Å². The normalized spacial score (nSPS) is 45.4. The molecule has 56 valence electrons. The van der Waals surface area contributed by atoms with Gasteiger partial charge in [-0.05, 0) is 44.1 Å². The Labute approximate surface area is 61.8 Å². The van der Waals surface area contributed by atoms with Crippen LogP contribution in [0, 0.1) is 5.92 Å². The molecule has 0 heterocycles. The molecule has 0 radical (unpaired) electrons. The number of rotatable bonds is 0. The highest BCUT2D eigenvalue weighted by Gasteiger charge is 2.44. The minimum Gasteiger partial charge on any atom is -0.385 e. The van der Waals surface area contributed by atoms with Gasteiger partial charge in [-0.2, -0.15) is 0 Å². The molecule has 0 aromatic rings. The number of hydrogen-bond donors (Lipinski definition) is 1. The van der Waals surface area contributed by atoms with Gasteiger partial charge in [0.05, 0.1) is 5.60 Å². The van der Waals surface area contributed by atoms with E-state index < -0.39 is 0 Å². The van der Waals surface area contributed by atoms with Gasteiger partial charge in [-0.3, -0.25) is 0 Å². The zero-order chi connectivity index (χ0) is 7.19. The summed E-state index contributed by atoms with van der Waals surface area (Å²) in [4.78, 5) is 0. The zero-order valence-corrected chi connectivity index (χ0v) is 6.43. The largest absolute Gasteiger partial charge is 0.385 e.